The fraction of sp³-hybridized carbons (Fsp3) is 0.103. The van der Waals surface area contributed by atoms with Crippen molar-refractivity contribution in [1.82, 2.24) is 0 Å². The number of benzene rings is 9. The van der Waals surface area contributed by atoms with Crippen molar-refractivity contribution in [3.8, 4) is 33.4 Å². The average molecular weight is 818 g/mol. The Labute approximate surface area is 364 Å². The van der Waals surface area contributed by atoms with Crippen molar-refractivity contribution in [3.63, 3.8) is 0 Å². The molecule has 0 amide bonds. The highest BCUT2D eigenvalue weighted by Gasteiger charge is 2.25. The zero-order valence-corrected chi connectivity index (χ0v) is 35.5. The van der Waals surface area contributed by atoms with Crippen LogP contribution in [0.5, 0.6) is 0 Å². The number of hydrogen-bond acceptors (Lipinski definition) is 3. The van der Waals surface area contributed by atoms with Gasteiger partial charge in [0.15, 0.2) is 0 Å². The summed E-state index contributed by atoms with van der Waals surface area (Å²) in [7, 11) is 0. The van der Waals surface area contributed by atoms with Crippen LogP contribution in [-0.2, 0) is 0 Å². The van der Waals surface area contributed by atoms with Gasteiger partial charge in [0.1, 0.15) is 0 Å². The lowest BCUT2D eigenvalue weighted by molar-refractivity contribution is 0.445. The van der Waals surface area contributed by atoms with Gasteiger partial charge in [0.05, 0.1) is 11.4 Å². The predicted molar refractivity (Wildman–Crippen MR) is 267 cm³/mol. The lowest BCUT2D eigenvalue weighted by Crippen LogP contribution is -2.12. The molecule has 1 saturated carbocycles. The highest BCUT2D eigenvalue weighted by Crippen LogP contribution is 2.50. The van der Waals surface area contributed by atoms with Crippen molar-refractivity contribution in [1.29, 1.82) is 0 Å². The van der Waals surface area contributed by atoms with E-state index < -0.39 is 0 Å². The van der Waals surface area contributed by atoms with Gasteiger partial charge in [-0.1, -0.05) is 165 Å². The van der Waals surface area contributed by atoms with Gasteiger partial charge >= 0.3 is 0 Å². The SMILES string of the molecule is c1ccc(N(c2ccc(-c3cccc4sc5ccccc5c34)cc2)c2ccccc2-c2cccc3sc4ccccc4c23)c(-c2cccc3cccc(C4CCCCC4)c23)c1. The first-order chi connectivity index (χ1) is 30.3. The van der Waals surface area contributed by atoms with Gasteiger partial charge in [0.25, 0.3) is 0 Å². The van der Waals surface area contributed by atoms with E-state index in [4.69, 9.17) is 0 Å². The second-order valence-electron chi connectivity index (χ2n) is 16.6. The quantitative estimate of drug-likeness (QED) is 0.155. The Morgan fingerprint density at radius 3 is 1.48 bits per heavy atom. The van der Waals surface area contributed by atoms with Crippen molar-refractivity contribution in [2.75, 3.05) is 4.90 Å². The summed E-state index contributed by atoms with van der Waals surface area (Å²) >= 11 is 3.76. The largest absolute Gasteiger partial charge is 0.309 e. The fourth-order valence-electron chi connectivity index (χ4n) is 10.4. The number of para-hydroxylation sites is 2. The minimum Gasteiger partial charge on any atom is -0.309 e. The van der Waals surface area contributed by atoms with E-state index in [0.717, 1.165) is 11.4 Å². The molecule has 61 heavy (non-hydrogen) atoms. The highest BCUT2D eigenvalue weighted by molar-refractivity contribution is 7.26. The monoisotopic (exact) mass is 817 g/mol. The minimum absolute atomic E-state index is 0.584. The maximum Gasteiger partial charge on any atom is 0.0540 e. The first kappa shape index (κ1) is 36.3. The van der Waals surface area contributed by atoms with E-state index in [1.165, 1.54) is 128 Å². The lowest BCUT2D eigenvalue weighted by atomic mass is 9.80. The van der Waals surface area contributed by atoms with Crippen LogP contribution in [0.25, 0.3) is 84.5 Å². The number of hydrogen-bond donors (Lipinski definition) is 0. The van der Waals surface area contributed by atoms with Crippen LogP contribution in [0, 0.1) is 0 Å². The van der Waals surface area contributed by atoms with E-state index in [2.05, 4.69) is 199 Å². The van der Waals surface area contributed by atoms with Crippen molar-refractivity contribution >= 4 is 90.9 Å². The minimum atomic E-state index is 0.584. The third kappa shape index (κ3) is 6.18. The fourth-order valence-corrected chi connectivity index (χ4v) is 12.6. The summed E-state index contributed by atoms with van der Waals surface area (Å²) < 4.78 is 5.28. The van der Waals surface area contributed by atoms with E-state index in [9.17, 15) is 0 Å². The summed E-state index contributed by atoms with van der Waals surface area (Å²) in [6.07, 6.45) is 6.49. The van der Waals surface area contributed by atoms with Gasteiger partial charge in [-0.25, -0.2) is 0 Å². The van der Waals surface area contributed by atoms with Crippen LogP contribution in [0.2, 0.25) is 0 Å². The molecule has 12 rings (SSSR count). The topological polar surface area (TPSA) is 3.24 Å². The molecule has 3 heteroatoms. The number of fused-ring (bicyclic) bond motifs is 7. The summed E-state index contributed by atoms with van der Waals surface area (Å²) in [5.41, 5.74) is 12.5. The molecule has 2 heterocycles. The van der Waals surface area contributed by atoms with Crippen LogP contribution in [0.3, 0.4) is 0 Å². The number of thiophene rings is 2. The van der Waals surface area contributed by atoms with Gasteiger partial charge in [-0.2, -0.15) is 0 Å². The Hall–Kier alpha value is -6.52. The number of anilines is 3. The first-order valence-corrected chi connectivity index (χ1v) is 23.3. The molecule has 1 fully saturated rings. The summed E-state index contributed by atoms with van der Waals surface area (Å²) in [6.45, 7) is 0. The normalized spacial score (nSPS) is 13.5. The zero-order chi connectivity index (χ0) is 40.3. The second-order valence-corrected chi connectivity index (χ2v) is 18.7. The number of rotatable bonds is 7. The van der Waals surface area contributed by atoms with Crippen LogP contribution in [-0.4, -0.2) is 0 Å². The summed E-state index contributed by atoms with van der Waals surface area (Å²) in [5.74, 6) is 0.584. The standard InChI is InChI=1S/C58H43NS2/c1-2-16-38(17-3-1)42-24-12-18-40-19-13-26-46(56(40)42)44-20-4-8-28-50(44)59(41-36-34-39(35-37-41)43-25-14-32-54-57(43)48-22-6-10-30-52(48)60-54)51-29-9-5-21-45(51)47-27-15-33-55-58(47)49-23-7-11-31-53(49)61-55/h4-15,18-38H,1-3,16-17H2. The summed E-state index contributed by atoms with van der Waals surface area (Å²) in [6, 6.07) is 72.7. The van der Waals surface area contributed by atoms with Crippen LogP contribution in [0.15, 0.2) is 194 Å². The summed E-state index contributed by atoms with van der Waals surface area (Å²) in [5, 5.41) is 8.01. The second kappa shape index (κ2) is 15.2. The van der Waals surface area contributed by atoms with Gasteiger partial charge in [-0.15, -0.1) is 22.7 Å². The molecule has 9 aromatic carbocycles. The molecular formula is C58H43NS2. The van der Waals surface area contributed by atoms with Gasteiger partial charge in [0, 0.05) is 57.2 Å². The van der Waals surface area contributed by atoms with Crippen molar-refractivity contribution < 1.29 is 0 Å². The predicted octanol–water partition coefficient (Wildman–Crippen LogP) is 18.1. The molecule has 1 aliphatic rings. The Balaban J connectivity index is 1.09. The molecule has 0 aliphatic heterocycles. The Morgan fingerprint density at radius 1 is 0.361 bits per heavy atom. The van der Waals surface area contributed by atoms with E-state index in [1.54, 1.807) is 0 Å². The molecule has 1 aliphatic carbocycles. The van der Waals surface area contributed by atoms with Crippen LogP contribution in [0.1, 0.15) is 43.6 Å². The first-order valence-electron chi connectivity index (χ1n) is 21.7. The lowest BCUT2D eigenvalue weighted by Gasteiger charge is -2.31. The van der Waals surface area contributed by atoms with E-state index >= 15 is 0 Å². The maximum absolute atomic E-state index is 2.53. The van der Waals surface area contributed by atoms with E-state index in [0.29, 0.717) is 5.92 Å². The van der Waals surface area contributed by atoms with Gasteiger partial charge < -0.3 is 4.90 Å². The zero-order valence-electron chi connectivity index (χ0n) is 33.9. The average Bonchev–Trinajstić information content (AvgIpc) is 3.91. The third-order valence-electron chi connectivity index (χ3n) is 13.1. The highest BCUT2D eigenvalue weighted by atomic mass is 32.1. The molecule has 2 aromatic heterocycles. The molecule has 0 radical (unpaired) electrons. The van der Waals surface area contributed by atoms with Crippen molar-refractivity contribution in [2.24, 2.45) is 0 Å². The third-order valence-corrected chi connectivity index (χ3v) is 15.4. The molecule has 0 saturated heterocycles. The van der Waals surface area contributed by atoms with Crippen LogP contribution in [0.4, 0.5) is 17.1 Å². The number of nitrogens with zero attached hydrogens (tertiary/aromatic N) is 1. The van der Waals surface area contributed by atoms with Gasteiger partial charge in [-0.3, -0.25) is 0 Å². The molecule has 0 spiro atoms. The smallest absolute Gasteiger partial charge is 0.0540 e. The molecule has 0 unspecified atom stereocenters. The van der Waals surface area contributed by atoms with E-state index in [1.807, 2.05) is 22.7 Å². The maximum atomic E-state index is 2.53. The van der Waals surface area contributed by atoms with Crippen molar-refractivity contribution in [3.05, 3.63) is 200 Å². The molecule has 292 valence electrons. The Morgan fingerprint density at radius 2 is 0.836 bits per heavy atom. The molecular weight excluding hydrogens is 775 g/mol. The van der Waals surface area contributed by atoms with E-state index in [-0.39, 0.29) is 0 Å². The van der Waals surface area contributed by atoms with Crippen LogP contribution >= 0.6 is 22.7 Å². The Kier molecular flexibility index (Phi) is 9.05. The van der Waals surface area contributed by atoms with Gasteiger partial charge in [-0.05, 0) is 106 Å². The van der Waals surface area contributed by atoms with Crippen molar-refractivity contribution in [2.45, 2.75) is 38.0 Å². The molecule has 0 atom stereocenters. The molecule has 0 bridgehead atoms. The molecule has 0 N–H and O–H groups in total. The Bertz CT molecular complexity index is 3410. The molecule has 11 aromatic rings. The van der Waals surface area contributed by atoms with Crippen LogP contribution < -0.4 is 4.90 Å². The van der Waals surface area contributed by atoms with Gasteiger partial charge in [0.2, 0.25) is 0 Å². The molecule has 1 nitrogen and oxygen atoms in total. The summed E-state index contributed by atoms with van der Waals surface area (Å²) in [4.78, 5) is 2.53.